The second-order valence-electron chi connectivity index (χ2n) is 5.82. The molecule has 0 N–H and O–H groups in total. The van der Waals surface area contributed by atoms with Crippen molar-refractivity contribution in [2.24, 2.45) is 19.5 Å². The van der Waals surface area contributed by atoms with Gasteiger partial charge in [-0.25, -0.2) is 9.78 Å². The van der Waals surface area contributed by atoms with Crippen LogP contribution in [0.3, 0.4) is 0 Å². The fraction of sp³-hybridized carbons (Fsp3) is 0.583. The van der Waals surface area contributed by atoms with Gasteiger partial charge in [-0.15, -0.1) is 0 Å². The van der Waals surface area contributed by atoms with Crippen molar-refractivity contribution >= 4 is 11.2 Å². The second-order valence-corrected chi connectivity index (χ2v) is 5.82. The van der Waals surface area contributed by atoms with E-state index in [1.54, 1.807) is 22.5 Å². The Morgan fingerprint density at radius 3 is 2.39 bits per heavy atom. The highest BCUT2D eigenvalue weighted by atomic mass is 16.2. The van der Waals surface area contributed by atoms with Gasteiger partial charge >= 0.3 is 5.69 Å². The molecule has 0 atom stereocenters. The van der Waals surface area contributed by atoms with Crippen molar-refractivity contribution in [2.45, 2.75) is 27.3 Å². The van der Waals surface area contributed by atoms with Gasteiger partial charge in [0.15, 0.2) is 11.2 Å². The van der Waals surface area contributed by atoms with Gasteiger partial charge in [-0.1, -0.05) is 20.8 Å². The number of rotatable bonds is 1. The standard InChI is InChI=1S/C12H18N4O2/c1-12(2,3)6-16-9-8(14(4)7-13-9)10(17)15(5)11(16)18/h7H,6H2,1-5H3. The van der Waals surface area contributed by atoms with Gasteiger partial charge in [0.1, 0.15) is 0 Å². The maximum Gasteiger partial charge on any atom is 0.332 e. The molecule has 2 rings (SSSR count). The Bertz CT molecular complexity index is 712. The molecule has 6 heteroatoms. The van der Waals surface area contributed by atoms with Crippen LogP contribution in [0.5, 0.6) is 0 Å². The summed E-state index contributed by atoms with van der Waals surface area (Å²) in [7, 11) is 3.25. The summed E-state index contributed by atoms with van der Waals surface area (Å²) in [5.74, 6) is 0. The molecular weight excluding hydrogens is 232 g/mol. The van der Waals surface area contributed by atoms with Crippen molar-refractivity contribution in [1.82, 2.24) is 18.7 Å². The van der Waals surface area contributed by atoms with Crippen molar-refractivity contribution in [3.8, 4) is 0 Å². The lowest BCUT2D eigenvalue weighted by Crippen LogP contribution is -2.40. The van der Waals surface area contributed by atoms with Crippen molar-refractivity contribution in [2.75, 3.05) is 0 Å². The Morgan fingerprint density at radius 2 is 1.83 bits per heavy atom. The molecule has 2 aromatic heterocycles. The maximum absolute atomic E-state index is 12.2. The fourth-order valence-electron chi connectivity index (χ4n) is 2.00. The lowest BCUT2D eigenvalue weighted by atomic mass is 9.97. The third-order valence-electron chi connectivity index (χ3n) is 2.83. The molecule has 0 unspecified atom stereocenters. The third-order valence-corrected chi connectivity index (χ3v) is 2.83. The largest absolute Gasteiger partial charge is 0.332 e. The summed E-state index contributed by atoms with van der Waals surface area (Å²) in [5.41, 5.74) is 0.231. The first-order valence-corrected chi connectivity index (χ1v) is 5.83. The van der Waals surface area contributed by atoms with Crippen LogP contribution in [0.25, 0.3) is 11.2 Å². The lowest BCUT2D eigenvalue weighted by molar-refractivity contribution is 0.337. The number of aromatic nitrogens is 4. The number of aryl methyl sites for hydroxylation is 1. The van der Waals surface area contributed by atoms with E-state index in [1.807, 2.05) is 20.8 Å². The third kappa shape index (κ3) is 1.87. The highest BCUT2D eigenvalue weighted by Crippen LogP contribution is 2.17. The number of nitrogens with zero attached hydrogens (tertiary/aromatic N) is 4. The molecule has 0 saturated heterocycles. The maximum atomic E-state index is 12.2. The quantitative estimate of drug-likeness (QED) is 0.739. The van der Waals surface area contributed by atoms with Gasteiger partial charge in [0.2, 0.25) is 0 Å². The number of hydrogen-bond acceptors (Lipinski definition) is 3. The SMILES string of the molecule is Cn1c(=O)c2c(ncn2C)n(CC(C)(C)C)c1=O. The lowest BCUT2D eigenvalue weighted by Gasteiger charge is -2.20. The van der Waals surface area contributed by atoms with Gasteiger partial charge in [0.05, 0.1) is 6.33 Å². The summed E-state index contributed by atoms with van der Waals surface area (Å²) in [4.78, 5) is 28.4. The Labute approximate surface area is 104 Å². The minimum atomic E-state index is -0.318. The molecule has 0 radical (unpaired) electrons. The highest BCUT2D eigenvalue weighted by molar-refractivity contribution is 5.69. The zero-order chi connectivity index (χ0) is 13.7. The van der Waals surface area contributed by atoms with Crippen LogP contribution in [0, 0.1) is 5.41 Å². The molecule has 6 nitrogen and oxygen atoms in total. The Hall–Kier alpha value is -1.85. The van der Waals surface area contributed by atoms with E-state index in [1.165, 1.54) is 7.05 Å². The van der Waals surface area contributed by atoms with Crippen LogP contribution >= 0.6 is 0 Å². The zero-order valence-electron chi connectivity index (χ0n) is 11.4. The van der Waals surface area contributed by atoms with Crippen LogP contribution in [-0.4, -0.2) is 18.7 Å². The second kappa shape index (κ2) is 3.83. The Morgan fingerprint density at radius 1 is 1.22 bits per heavy atom. The van der Waals surface area contributed by atoms with Crippen LogP contribution in [0.2, 0.25) is 0 Å². The van der Waals surface area contributed by atoms with Crippen LogP contribution in [0.1, 0.15) is 20.8 Å². The van der Waals surface area contributed by atoms with Crippen molar-refractivity contribution < 1.29 is 0 Å². The first-order chi connectivity index (χ1) is 8.22. The topological polar surface area (TPSA) is 61.8 Å². The molecule has 0 aliphatic carbocycles. The van der Waals surface area contributed by atoms with E-state index >= 15 is 0 Å². The summed E-state index contributed by atoms with van der Waals surface area (Å²) in [6.45, 7) is 6.64. The van der Waals surface area contributed by atoms with Gasteiger partial charge < -0.3 is 4.57 Å². The summed E-state index contributed by atoms with van der Waals surface area (Å²) in [6.07, 6.45) is 1.56. The minimum Gasteiger partial charge on any atom is -0.328 e. The van der Waals surface area contributed by atoms with Crippen molar-refractivity contribution in [3.63, 3.8) is 0 Å². The molecule has 0 saturated carbocycles. The summed E-state index contributed by atoms with van der Waals surface area (Å²) in [5, 5.41) is 0. The van der Waals surface area contributed by atoms with Crippen molar-refractivity contribution in [3.05, 3.63) is 27.2 Å². The first kappa shape index (κ1) is 12.6. The molecule has 0 amide bonds. The van der Waals surface area contributed by atoms with Gasteiger partial charge in [0, 0.05) is 20.6 Å². The summed E-state index contributed by atoms with van der Waals surface area (Å²) < 4.78 is 4.35. The van der Waals surface area contributed by atoms with E-state index in [9.17, 15) is 9.59 Å². The van der Waals surface area contributed by atoms with Gasteiger partial charge in [-0.05, 0) is 5.41 Å². The van der Waals surface area contributed by atoms with Crippen molar-refractivity contribution in [1.29, 1.82) is 0 Å². The molecule has 0 spiro atoms. The highest BCUT2D eigenvalue weighted by Gasteiger charge is 2.19. The van der Waals surface area contributed by atoms with E-state index in [0.717, 1.165) is 4.57 Å². The number of hydrogen-bond donors (Lipinski definition) is 0. The predicted molar refractivity (Wildman–Crippen MR) is 69.7 cm³/mol. The number of imidazole rings is 1. The van der Waals surface area contributed by atoms with Gasteiger partial charge in [0.25, 0.3) is 5.56 Å². The molecule has 0 fully saturated rings. The smallest absolute Gasteiger partial charge is 0.328 e. The molecule has 98 valence electrons. The average molecular weight is 250 g/mol. The molecular formula is C12H18N4O2. The van der Waals surface area contributed by atoms with Crippen LogP contribution in [0.15, 0.2) is 15.9 Å². The summed E-state index contributed by atoms with van der Waals surface area (Å²) >= 11 is 0. The normalized spacial score (nSPS) is 12.3. The van der Waals surface area contributed by atoms with Crippen LogP contribution in [0.4, 0.5) is 0 Å². The molecule has 0 aliphatic heterocycles. The molecule has 0 aliphatic rings. The van der Waals surface area contributed by atoms with E-state index in [0.29, 0.717) is 17.7 Å². The van der Waals surface area contributed by atoms with Crippen LogP contribution < -0.4 is 11.2 Å². The molecule has 0 aromatic carbocycles. The van der Waals surface area contributed by atoms with E-state index in [2.05, 4.69) is 4.98 Å². The fourth-order valence-corrected chi connectivity index (χ4v) is 2.00. The minimum absolute atomic E-state index is 0.0638. The predicted octanol–water partition coefficient (Wildman–Crippen LogP) is 0.480. The zero-order valence-corrected chi connectivity index (χ0v) is 11.4. The van der Waals surface area contributed by atoms with Gasteiger partial charge in [-0.3, -0.25) is 13.9 Å². The summed E-state index contributed by atoms with van der Waals surface area (Å²) in [6, 6.07) is 0. The van der Waals surface area contributed by atoms with E-state index < -0.39 is 0 Å². The first-order valence-electron chi connectivity index (χ1n) is 5.83. The number of fused-ring (bicyclic) bond motifs is 1. The Kier molecular flexibility index (Phi) is 2.68. The van der Waals surface area contributed by atoms with E-state index in [-0.39, 0.29) is 16.7 Å². The van der Waals surface area contributed by atoms with Gasteiger partial charge in [-0.2, -0.15) is 0 Å². The average Bonchev–Trinajstić information content (AvgIpc) is 2.62. The van der Waals surface area contributed by atoms with E-state index in [4.69, 9.17) is 0 Å². The molecule has 18 heavy (non-hydrogen) atoms. The molecule has 2 heterocycles. The Balaban J connectivity index is 2.89. The van der Waals surface area contributed by atoms with Crippen LogP contribution in [-0.2, 0) is 20.6 Å². The molecule has 2 aromatic rings. The molecule has 0 bridgehead atoms. The monoisotopic (exact) mass is 250 g/mol.